The van der Waals surface area contributed by atoms with Crippen LogP contribution in [0.5, 0.6) is 0 Å². The van der Waals surface area contributed by atoms with Gasteiger partial charge in [-0.15, -0.1) is 0 Å². The van der Waals surface area contributed by atoms with Crippen molar-refractivity contribution in [3.05, 3.63) is 34.3 Å². The van der Waals surface area contributed by atoms with Gasteiger partial charge in [-0.3, -0.25) is 4.79 Å². The minimum absolute atomic E-state index is 0.0396. The van der Waals surface area contributed by atoms with Gasteiger partial charge in [-0.05, 0) is 55.7 Å². The Balaban J connectivity index is 1.61. The number of rotatable bonds is 9. The molecule has 0 heterocycles. The van der Waals surface area contributed by atoms with E-state index in [0.29, 0.717) is 12.5 Å². The largest absolute Gasteiger partial charge is 0.465 e. The lowest BCUT2D eigenvalue weighted by Crippen LogP contribution is -2.23. The molecule has 1 aromatic rings. The summed E-state index contributed by atoms with van der Waals surface area (Å²) >= 11 is 3.48. The lowest BCUT2D eigenvalue weighted by atomic mass is 9.79. The van der Waals surface area contributed by atoms with E-state index in [0.717, 1.165) is 36.6 Å². The Kier molecular flexibility index (Phi) is 8.87. The van der Waals surface area contributed by atoms with Crippen LogP contribution in [0.1, 0.15) is 82.6 Å². The van der Waals surface area contributed by atoms with Crippen LogP contribution in [0.3, 0.4) is 0 Å². The number of halogens is 1. The van der Waals surface area contributed by atoms with Gasteiger partial charge in [0, 0.05) is 4.47 Å². The summed E-state index contributed by atoms with van der Waals surface area (Å²) in [6, 6.07) is 8.62. The van der Waals surface area contributed by atoms with Crippen molar-refractivity contribution in [3.8, 4) is 0 Å². The third kappa shape index (κ3) is 6.58. The summed E-state index contributed by atoms with van der Waals surface area (Å²) < 4.78 is 6.62. The van der Waals surface area contributed by atoms with E-state index in [-0.39, 0.29) is 11.9 Å². The fraction of sp³-hybridized carbons (Fsp3) is 0.667. The SMILES string of the molecule is CCCCCCCCOC(=O)C1CCC(c2ccc(Br)cc2)CC1. The topological polar surface area (TPSA) is 26.3 Å². The van der Waals surface area contributed by atoms with Gasteiger partial charge < -0.3 is 4.74 Å². The molecule has 3 heteroatoms. The molecule has 1 aromatic carbocycles. The van der Waals surface area contributed by atoms with Gasteiger partial charge in [-0.1, -0.05) is 67.1 Å². The van der Waals surface area contributed by atoms with Crippen molar-refractivity contribution >= 4 is 21.9 Å². The lowest BCUT2D eigenvalue weighted by molar-refractivity contribution is -0.149. The first-order valence-corrected chi connectivity index (χ1v) is 10.4. The van der Waals surface area contributed by atoms with Crippen LogP contribution in [0.15, 0.2) is 28.7 Å². The molecule has 1 fully saturated rings. The minimum atomic E-state index is 0.0396. The molecule has 0 amide bonds. The summed E-state index contributed by atoms with van der Waals surface area (Å²) in [5.41, 5.74) is 1.40. The van der Waals surface area contributed by atoms with Crippen molar-refractivity contribution < 1.29 is 9.53 Å². The molecule has 0 aliphatic heterocycles. The Labute approximate surface area is 155 Å². The van der Waals surface area contributed by atoms with Crippen molar-refractivity contribution in [2.45, 2.75) is 77.0 Å². The van der Waals surface area contributed by atoms with Gasteiger partial charge in [0.05, 0.1) is 12.5 Å². The van der Waals surface area contributed by atoms with Crippen LogP contribution in [-0.4, -0.2) is 12.6 Å². The summed E-state index contributed by atoms with van der Waals surface area (Å²) in [5, 5.41) is 0. The van der Waals surface area contributed by atoms with E-state index in [4.69, 9.17) is 4.74 Å². The molecule has 0 spiro atoms. The maximum Gasteiger partial charge on any atom is 0.308 e. The molecule has 0 bridgehead atoms. The molecule has 2 rings (SSSR count). The Morgan fingerprint density at radius 3 is 2.29 bits per heavy atom. The predicted octanol–water partition coefficient (Wildman–Crippen LogP) is 6.63. The molecule has 0 saturated heterocycles. The fourth-order valence-corrected chi connectivity index (χ4v) is 3.83. The number of benzene rings is 1. The second-order valence-electron chi connectivity index (χ2n) is 7.04. The maximum atomic E-state index is 12.2. The molecule has 1 aliphatic carbocycles. The molecule has 0 radical (unpaired) electrons. The van der Waals surface area contributed by atoms with Crippen LogP contribution in [0.25, 0.3) is 0 Å². The Bertz CT molecular complexity index is 475. The highest BCUT2D eigenvalue weighted by atomic mass is 79.9. The first-order chi connectivity index (χ1) is 11.7. The highest BCUT2D eigenvalue weighted by molar-refractivity contribution is 9.10. The Morgan fingerprint density at radius 2 is 1.62 bits per heavy atom. The van der Waals surface area contributed by atoms with Gasteiger partial charge in [-0.25, -0.2) is 0 Å². The molecule has 0 atom stereocenters. The molecule has 0 aromatic heterocycles. The van der Waals surface area contributed by atoms with E-state index < -0.39 is 0 Å². The van der Waals surface area contributed by atoms with Crippen LogP contribution in [0, 0.1) is 5.92 Å². The molecular weight excluding hydrogens is 364 g/mol. The normalized spacial score (nSPS) is 20.8. The first-order valence-electron chi connectivity index (χ1n) is 9.62. The van der Waals surface area contributed by atoms with Crippen molar-refractivity contribution in [2.75, 3.05) is 6.61 Å². The number of carbonyl (C=O) groups excluding carboxylic acids is 1. The van der Waals surface area contributed by atoms with Gasteiger partial charge >= 0.3 is 5.97 Å². The number of hydrogen-bond acceptors (Lipinski definition) is 2. The minimum Gasteiger partial charge on any atom is -0.465 e. The van der Waals surface area contributed by atoms with Crippen LogP contribution in [0.4, 0.5) is 0 Å². The van der Waals surface area contributed by atoms with E-state index in [1.165, 1.54) is 37.7 Å². The van der Waals surface area contributed by atoms with Crippen molar-refractivity contribution in [2.24, 2.45) is 5.92 Å². The van der Waals surface area contributed by atoms with E-state index >= 15 is 0 Å². The van der Waals surface area contributed by atoms with Gasteiger partial charge in [0.25, 0.3) is 0 Å². The number of esters is 1. The van der Waals surface area contributed by atoms with E-state index in [2.05, 4.69) is 47.1 Å². The zero-order valence-corrected chi connectivity index (χ0v) is 16.5. The van der Waals surface area contributed by atoms with Crippen LogP contribution < -0.4 is 0 Å². The highest BCUT2D eigenvalue weighted by Gasteiger charge is 2.27. The molecule has 134 valence electrons. The molecular formula is C21H31BrO2. The van der Waals surface area contributed by atoms with Gasteiger partial charge in [0.15, 0.2) is 0 Å². The van der Waals surface area contributed by atoms with Crippen LogP contribution in [-0.2, 0) is 9.53 Å². The second-order valence-corrected chi connectivity index (χ2v) is 7.95. The zero-order chi connectivity index (χ0) is 17.2. The van der Waals surface area contributed by atoms with Crippen LogP contribution in [0.2, 0.25) is 0 Å². The summed E-state index contributed by atoms with van der Waals surface area (Å²) in [6.45, 7) is 2.84. The van der Waals surface area contributed by atoms with Gasteiger partial charge in [-0.2, -0.15) is 0 Å². The van der Waals surface area contributed by atoms with Crippen LogP contribution >= 0.6 is 15.9 Å². The average Bonchev–Trinajstić information content (AvgIpc) is 2.61. The third-order valence-electron chi connectivity index (χ3n) is 5.14. The Hall–Kier alpha value is -0.830. The van der Waals surface area contributed by atoms with Crippen molar-refractivity contribution in [1.82, 2.24) is 0 Å². The van der Waals surface area contributed by atoms with E-state index in [9.17, 15) is 4.79 Å². The molecule has 24 heavy (non-hydrogen) atoms. The highest BCUT2D eigenvalue weighted by Crippen LogP contribution is 2.36. The Morgan fingerprint density at radius 1 is 1.00 bits per heavy atom. The van der Waals surface area contributed by atoms with Gasteiger partial charge in [0.1, 0.15) is 0 Å². The standard InChI is InChI=1S/C21H31BrO2/c1-2-3-4-5-6-7-16-24-21(23)19-10-8-17(9-11-19)18-12-14-20(22)15-13-18/h12-15,17,19H,2-11,16H2,1H3. The molecule has 1 saturated carbocycles. The molecule has 0 unspecified atom stereocenters. The molecule has 0 N–H and O–H groups in total. The number of carbonyl (C=O) groups is 1. The summed E-state index contributed by atoms with van der Waals surface area (Å²) in [5.74, 6) is 0.760. The summed E-state index contributed by atoms with van der Waals surface area (Å²) in [4.78, 5) is 12.2. The van der Waals surface area contributed by atoms with Crippen molar-refractivity contribution in [1.29, 1.82) is 0 Å². The quantitative estimate of drug-likeness (QED) is 0.347. The van der Waals surface area contributed by atoms with E-state index in [1.807, 2.05) is 0 Å². The van der Waals surface area contributed by atoms with E-state index in [1.54, 1.807) is 0 Å². The molecule has 1 aliphatic rings. The number of unbranched alkanes of at least 4 members (excludes halogenated alkanes) is 5. The second kappa shape index (κ2) is 10.9. The zero-order valence-electron chi connectivity index (χ0n) is 14.9. The average molecular weight is 395 g/mol. The number of ether oxygens (including phenoxy) is 1. The fourth-order valence-electron chi connectivity index (χ4n) is 3.57. The smallest absolute Gasteiger partial charge is 0.308 e. The summed E-state index contributed by atoms with van der Waals surface area (Å²) in [7, 11) is 0. The number of hydrogen-bond donors (Lipinski definition) is 0. The lowest BCUT2D eigenvalue weighted by Gasteiger charge is -2.27. The monoisotopic (exact) mass is 394 g/mol. The van der Waals surface area contributed by atoms with Gasteiger partial charge in [0.2, 0.25) is 0 Å². The molecule has 2 nitrogen and oxygen atoms in total. The summed E-state index contributed by atoms with van der Waals surface area (Å²) in [6.07, 6.45) is 11.5. The maximum absolute atomic E-state index is 12.2. The third-order valence-corrected chi connectivity index (χ3v) is 5.67. The predicted molar refractivity (Wildman–Crippen MR) is 103 cm³/mol. The first kappa shape index (κ1) is 19.5. The van der Waals surface area contributed by atoms with Crippen molar-refractivity contribution in [3.63, 3.8) is 0 Å².